The Kier molecular flexibility index (Phi) is 7.09. The van der Waals surface area contributed by atoms with Gasteiger partial charge in [0.25, 0.3) is 0 Å². The normalized spacial score (nSPS) is 52.6. The van der Waals surface area contributed by atoms with E-state index in [1.54, 1.807) is 0 Å². The summed E-state index contributed by atoms with van der Waals surface area (Å²) in [7, 11) is 0. The molecule has 0 saturated heterocycles. The van der Waals surface area contributed by atoms with Crippen LogP contribution in [-0.2, 0) is 0 Å². The molecule has 0 aromatic heterocycles. The lowest BCUT2D eigenvalue weighted by Crippen LogP contribution is -2.59. The molecule has 4 aliphatic carbocycles. The van der Waals surface area contributed by atoms with E-state index < -0.39 is 18.3 Å². The molecule has 32 heavy (non-hydrogen) atoms. The van der Waals surface area contributed by atoms with Gasteiger partial charge in [0.15, 0.2) is 0 Å². The van der Waals surface area contributed by atoms with Crippen molar-refractivity contribution < 1.29 is 25.5 Å². The minimum Gasteiger partial charge on any atom is -0.396 e. The summed E-state index contributed by atoms with van der Waals surface area (Å²) < 4.78 is 0. The second-order valence-corrected chi connectivity index (χ2v) is 12.9. The highest BCUT2D eigenvalue weighted by molar-refractivity contribution is 5.15. The number of aliphatic hydroxyl groups excluding tert-OH is 5. The number of aliphatic hydroxyl groups is 5. The largest absolute Gasteiger partial charge is 0.396 e. The molecule has 0 aliphatic heterocycles. The fourth-order valence-electron chi connectivity index (χ4n) is 9.45. The lowest BCUT2D eigenvalue weighted by Gasteiger charge is -2.62. The molecule has 0 radical (unpaired) electrons. The standard InChI is InChI=1S/C27H48O5/c1-15(14-28)6-5-7-16(2)22-24(31)25(32)23-18-13-21(30)20-12-17(29)8-10-26(20,3)19(18)9-11-27(22,23)4/h15-25,28-32H,5-14H2,1-4H3/t15?,16-,17+,18-,19+,20-,21+,22+,23-,24-,25+,26-,27-/m1/s1. The third-order valence-electron chi connectivity index (χ3n) is 11.1. The SMILES string of the molecule is CC(CO)CCC[C@@H](C)[C@H]1[C@@H](O)[C@@H](O)[C@H]2[C@@H]3C[C@H](O)[C@H]4C[C@@H](O)CC[C@]4(C)[C@H]3CC[C@]12C. The van der Waals surface area contributed by atoms with E-state index in [0.29, 0.717) is 30.6 Å². The molecule has 5 heteroatoms. The maximum Gasteiger partial charge on any atom is 0.0838 e. The van der Waals surface area contributed by atoms with Crippen molar-refractivity contribution in [2.75, 3.05) is 6.61 Å². The van der Waals surface area contributed by atoms with Crippen LogP contribution in [0.15, 0.2) is 0 Å². The van der Waals surface area contributed by atoms with Crippen LogP contribution in [0.5, 0.6) is 0 Å². The monoisotopic (exact) mass is 452 g/mol. The molecule has 4 aliphatic rings. The van der Waals surface area contributed by atoms with Gasteiger partial charge in [0, 0.05) is 6.61 Å². The van der Waals surface area contributed by atoms with E-state index in [9.17, 15) is 25.5 Å². The summed E-state index contributed by atoms with van der Waals surface area (Å²) >= 11 is 0. The summed E-state index contributed by atoms with van der Waals surface area (Å²) in [4.78, 5) is 0. The summed E-state index contributed by atoms with van der Waals surface area (Å²) in [5, 5.41) is 53.4. The molecule has 0 bridgehead atoms. The molecule has 186 valence electrons. The average molecular weight is 453 g/mol. The van der Waals surface area contributed by atoms with Gasteiger partial charge in [0.2, 0.25) is 0 Å². The van der Waals surface area contributed by atoms with Crippen LogP contribution in [0.1, 0.15) is 85.5 Å². The Morgan fingerprint density at radius 2 is 1.53 bits per heavy atom. The number of hydrogen-bond acceptors (Lipinski definition) is 5. The molecule has 4 fully saturated rings. The highest BCUT2D eigenvalue weighted by Gasteiger charge is 2.67. The van der Waals surface area contributed by atoms with Crippen molar-refractivity contribution in [1.29, 1.82) is 0 Å². The van der Waals surface area contributed by atoms with Crippen LogP contribution in [0, 0.1) is 52.3 Å². The van der Waals surface area contributed by atoms with Gasteiger partial charge in [-0.2, -0.15) is 0 Å². The molecule has 0 aromatic carbocycles. The van der Waals surface area contributed by atoms with E-state index in [4.69, 9.17) is 0 Å². The van der Waals surface area contributed by atoms with Crippen LogP contribution < -0.4 is 0 Å². The van der Waals surface area contributed by atoms with Crippen molar-refractivity contribution in [2.45, 2.75) is 110 Å². The minimum absolute atomic E-state index is 0.0116. The van der Waals surface area contributed by atoms with Crippen LogP contribution in [0.2, 0.25) is 0 Å². The maximum atomic E-state index is 11.4. The molecular formula is C27H48O5. The maximum absolute atomic E-state index is 11.4. The third-order valence-corrected chi connectivity index (χ3v) is 11.1. The zero-order chi connectivity index (χ0) is 23.4. The third kappa shape index (κ3) is 3.88. The number of fused-ring (bicyclic) bond motifs is 5. The molecular weight excluding hydrogens is 404 g/mol. The minimum atomic E-state index is -0.724. The Bertz CT molecular complexity index is 656. The summed E-state index contributed by atoms with van der Waals surface area (Å²) in [5.74, 6) is 1.55. The summed E-state index contributed by atoms with van der Waals surface area (Å²) in [6, 6.07) is 0. The second kappa shape index (κ2) is 9.11. The summed E-state index contributed by atoms with van der Waals surface area (Å²) in [6.07, 6.45) is 6.14. The second-order valence-electron chi connectivity index (χ2n) is 12.9. The van der Waals surface area contributed by atoms with E-state index in [2.05, 4.69) is 27.7 Å². The first-order valence-electron chi connectivity index (χ1n) is 13.4. The van der Waals surface area contributed by atoms with Crippen LogP contribution in [0.3, 0.4) is 0 Å². The fourth-order valence-corrected chi connectivity index (χ4v) is 9.45. The van der Waals surface area contributed by atoms with Crippen molar-refractivity contribution >= 4 is 0 Å². The lowest BCUT2D eigenvalue weighted by molar-refractivity contribution is -0.181. The molecule has 5 nitrogen and oxygen atoms in total. The molecule has 0 spiro atoms. The van der Waals surface area contributed by atoms with Crippen LogP contribution in [0.25, 0.3) is 0 Å². The van der Waals surface area contributed by atoms with Crippen molar-refractivity contribution in [2.24, 2.45) is 52.3 Å². The first-order chi connectivity index (χ1) is 15.0. The molecule has 4 saturated carbocycles. The predicted molar refractivity (Wildman–Crippen MR) is 125 cm³/mol. The fraction of sp³-hybridized carbons (Fsp3) is 1.00. The summed E-state index contributed by atoms with van der Waals surface area (Å²) in [6.45, 7) is 9.16. The molecule has 1 unspecified atom stereocenters. The van der Waals surface area contributed by atoms with Crippen molar-refractivity contribution in [1.82, 2.24) is 0 Å². The Labute approximate surface area is 194 Å². The van der Waals surface area contributed by atoms with Gasteiger partial charge in [0.1, 0.15) is 0 Å². The van der Waals surface area contributed by atoms with E-state index in [1.165, 1.54) is 0 Å². The highest BCUT2D eigenvalue weighted by Crippen LogP contribution is 2.68. The van der Waals surface area contributed by atoms with Crippen LogP contribution >= 0.6 is 0 Å². The van der Waals surface area contributed by atoms with Crippen LogP contribution in [0.4, 0.5) is 0 Å². The predicted octanol–water partition coefficient (Wildman–Crippen LogP) is 3.35. The van der Waals surface area contributed by atoms with Gasteiger partial charge >= 0.3 is 0 Å². The zero-order valence-corrected chi connectivity index (χ0v) is 20.7. The molecule has 0 aromatic rings. The average Bonchev–Trinajstić information content (AvgIpc) is 2.94. The van der Waals surface area contributed by atoms with Crippen molar-refractivity contribution in [3.8, 4) is 0 Å². The lowest BCUT2D eigenvalue weighted by atomic mass is 9.43. The zero-order valence-electron chi connectivity index (χ0n) is 20.7. The van der Waals surface area contributed by atoms with Gasteiger partial charge in [-0.25, -0.2) is 0 Å². The molecule has 13 atom stereocenters. The first kappa shape index (κ1) is 24.9. The van der Waals surface area contributed by atoms with E-state index in [0.717, 1.165) is 44.9 Å². The number of hydrogen-bond donors (Lipinski definition) is 5. The Morgan fingerprint density at radius 3 is 2.22 bits per heavy atom. The molecule has 4 rings (SSSR count). The Morgan fingerprint density at radius 1 is 0.844 bits per heavy atom. The highest BCUT2D eigenvalue weighted by atomic mass is 16.3. The smallest absolute Gasteiger partial charge is 0.0838 e. The molecule has 0 heterocycles. The van der Waals surface area contributed by atoms with Gasteiger partial charge in [-0.15, -0.1) is 0 Å². The van der Waals surface area contributed by atoms with Gasteiger partial charge in [-0.05, 0) is 97.2 Å². The Hall–Kier alpha value is -0.200. The van der Waals surface area contributed by atoms with E-state index in [1.807, 2.05) is 0 Å². The van der Waals surface area contributed by atoms with Gasteiger partial charge in [-0.3, -0.25) is 0 Å². The quantitative estimate of drug-likeness (QED) is 0.425. The molecule has 5 N–H and O–H groups in total. The topological polar surface area (TPSA) is 101 Å². The molecule has 0 amide bonds. The van der Waals surface area contributed by atoms with Gasteiger partial charge < -0.3 is 25.5 Å². The van der Waals surface area contributed by atoms with Gasteiger partial charge in [0.05, 0.1) is 24.4 Å². The van der Waals surface area contributed by atoms with Crippen LogP contribution in [-0.4, -0.2) is 56.6 Å². The van der Waals surface area contributed by atoms with Gasteiger partial charge in [-0.1, -0.05) is 40.5 Å². The van der Waals surface area contributed by atoms with E-state index >= 15 is 0 Å². The van der Waals surface area contributed by atoms with E-state index in [-0.39, 0.29) is 47.2 Å². The van der Waals surface area contributed by atoms with Crippen molar-refractivity contribution in [3.63, 3.8) is 0 Å². The first-order valence-corrected chi connectivity index (χ1v) is 13.4. The number of rotatable bonds is 6. The van der Waals surface area contributed by atoms with Crippen molar-refractivity contribution in [3.05, 3.63) is 0 Å². The Balaban J connectivity index is 1.55. The summed E-state index contributed by atoms with van der Waals surface area (Å²) in [5.41, 5.74) is -0.100.